The Kier molecular flexibility index (Phi) is 3.36. The summed E-state index contributed by atoms with van der Waals surface area (Å²) in [6.45, 7) is 2.97. The minimum atomic E-state index is 0.361. The number of nitrogens with zero attached hydrogens (tertiary/aromatic N) is 2. The highest BCUT2D eigenvalue weighted by atomic mass is 32.1. The molecule has 0 radical (unpaired) electrons. The van der Waals surface area contributed by atoms with E-state index in [2.05, 4.69) is 64.6 Å². The Labute approximate surface area is 116 Å². The fraction of sp³-hybridized carbons (Fsp3) is 0.267. The Morgan fingerprint density at radius 3 is 2.84 bits per heavy atom. The van der Waals surface area contributed by atoms with Gasteiger partial charge in [0.25, 0.3) is 0 Å². The van der Waals surface area contributed by atoms with Gasteiger partial charge >= 0.3 is 0 Å². The molecule has 19 heavy (non-hydrogen) atoms. The van der Waals surface area contributed by atoms with E-state index in [1.54, 1.807) is 11.3 Å². The van der Waals surface area contributed by atoms with Crippen LogP contribution in [0.4, 0.5) is 0 Å². The zero-order chi connectivity index (χ0) is 13.2. The number of thiophene rings is 1. The van der Waals surface area contributed by atoms with E-state index in [1.165, 1.54) is 10.4 Å². The second kappa shape index (κ2) is 5.15. The Morgan fingerprint density at radius 1 is 1.26 bits per heavy atom. The summed E-state index contributed by atoms with van der Waals surface area (Å²) in [6, 6.07) is 12.9. The van der Waals surface area contributed by atoms with E-state index in [-0.39, 0.29) is 0 Å². The van der Waals surface area contributed by atoms with E-state index in [0.717, 1.165) is 17.9 Å². The summed E-state index contributed by atoms with van der Waals surface area (Å²) in [5, 5.41) is 5.64. The van der Waals surface area contributed by atoms with Gasteiger partial charge in [-0.2, -0.15) is 0 Å². The number of imidazole rings is 1. The minimum absolute atomic E-state index is 0.361. The van der Waals surface area contributed by atoms with E-state index in [9.17, 15) is 0 Å². The molecule has 0 saturated carbocycles. The quantitative estimate of drug-likeness (QED) is 0.787. The average molecular weight is 271 g/mol. The lowest BCUT2D eigenvalue weighted by atomic mass is 10.3. The standard InChI is InChI=1S/C15H17N3S/c1-11(14-8-5-9-19-14)16-10-15-17-12-6-3-4-7-13(12)18(15)2/h3-9,11,16H,10H2,1-2H3/t11-/m0/s1. The van der Waals surface area contributed by atoms with Gasteiger partial charge in [-0.15, -0.1) is 11.3 Å². The highest BCUT2D eigenvalue weighted by Crippen LogP contribution is 2.19. The molecule has 0 saturated heterocycles. The highest BCUT2D eigenvalue weighted by Gasteiger charge is 2.10. The Balaban J connectivity index is 1.77. The van der Waals surface area contributed by atoms with Gasteiger partial charge in [-0.05, 0) is 30.5 Å². The van der Waals surface area contributed by atoms with Crippen LogP contribution >= 0.6 is 11.3 Å². The molecule has 2 heterocycles. The molecule has 1 atom stereocenters. The van der Waals surface area contributed by atoms with E-state index >= 15 is 0 Å². The van der Waals surface area contributed by atoms with Crippen LogP contribution in [0.3, 0.4) is 0 Å². The molecule has 0 spiro atoms. The van der Waals surface area contributed by atoms with E-state index in [4.69, 9.17) is 0 Å². The van der Waals surface area contributed by atoms with Crippen LogP contribution in [0.5, 0.6) is 0 Å². The first kappa shape index (κ1) is 12.4. The maximum absolute atomic E-state index is 4.67. The summed E-state index contributed by atoms with van der Waals surface area (Å²) < 4.78 is 2.16. The molecule has 1 aromatic carbocycles. The number of hydrogen-bond acceptors (Lipinski definition) is 3. The Bertz CT molecular complexity index is 670. The third kappa shape index (κ3) is 2.41. The van der Waals surface area contributed by atoms with Gasteiger partial charge in [0.15, 0.2) is 0 Å². The zero-order valence-electron chi connectivity index (χ0n) is 11.1. The van der Waals surface area contributed by atoms with Gasteiger partial charge in [0.05, 0.1) is 17.6 Å². The molecule has 3 nitrogen and oxygen atoms in total. The van der Waals surface area contributed by atoms with Crippen LogP contribution in [-0.2, 0) is 13.6 Å². The van der Waals surface area contributed by atoms with Gasteiger partial charge < -0.3 is 9.88 Å². The van der Waals surface area contributed by atoms with Gasteiger partial charge in [0.1, 0.15) is 5.82 Å². The summed E-state index contributed by atoms with van der Waals surface area (Å²) in [5.74, 6) is 1.07. The van der Waals surface area contributed by atoms with Gasteiger partial charge in [-0.1, -0.05) is 18.2 Å². The maximum Gasteiger partial charge on any atom is 0.123 e. The number of para-hydroxylation sites is 2. The van der Waals surface area contributed by atoms with Crippen molar-refractivity contribution in [2.45, 2.75) is 19.5 Å². The van der Waals surface area contributed by atoms with Crippen LogP contribution in [0.15, 0.2) is 41.8 Å². The monoisotopic (exact) mass is 271 g/mol. The second-order valence-electron chi connectivity index (χ2n) is 4.69. The lowest BCUT2D eigenvalue weighted by Gasteiger charge is -2.11. The van der Waals surface area contributed by atoms with Crippen LogP contribution < -0.4 is 5.32 Å². The number of aromatic nitrogens is 2. The van der Waals surface area contributed by atoms with Crippen LogP contribution in [0.2, 0.25) is 0 Å². The summed E-state index contributed by atoms with van der Waals surface area (Å²) in [5.41, 5.74) is 2.24. The molecule has 0 aliphatic heterocycles. The maximum atomic E-state index is 4.67. The fourth-order valence-corrected chi connectivity index (χ4v) is 3.00. The van der Waals surface area contributed by atoms with Crippen molar-refractivity contribution in [3.05, 3.63) is 52.5 Å². The Hall–Kier alpha value is -1.65. The van der Waals surface area contributed by atoms with Crippen LogP contribution in [0.1, 0.15) is 23.7 Å². The molecule has 4 heteroatoms. The van der Waals surface area contributed by atoms with Gasteiger partial charge in [-0.3, -0.25) is 0 Å². The van der Waals surface area contributed by atoms with Crippen molar-refractivity contribution in [1.29, 1.82) is 0 Å². The SMILES string of the molecule is C[C@H](NCc1nc2ccccc2n1C)c1cccs1. The van der Waals surface area contributed by atoms with Crippen molar-refractivity contribution in [3.63, 3.8) is 0 Å². The zero-order valence-corrected chi connectivity index (χ0v) is 11.9. The summed E-state index contributed by atoms with van der Waals surface area (Å²) >= 11 is 1.79. The number of aryl methyl sites for hydroxylation is 1. The van der Waals surface area contributed by atoms with Gasteiger partial charge in [0, 0.05) is 18.0 Å². The number of benzene rings is 1. The molecule has 0 aliphatic carbocycles. The van der Waals surface area contributed by atoms with Crippen molar-refractivity contribution in [1.82, 2.24) is 14.9 Å². The molecule has 0 bridgehead atoms. The molecule has 3 rings (SSSR count). The van der Waals surface area contributed by atoms with Crippen LogP contribution in [0.25, 0.3) is 11.0 Å². The summed E-state index contributed by atoms with van der Waals surface area (Å²) in [7, 11) is 2.07. The summed E-state index contributed by atoms with van der Waals surface area (Å²) in [4.78, 5) is 6.03. The first-order valence-corrected chi connectivity index (χ1v) is 7.31. The summed E-state index contributed by atoms with van der Waals surface area (Å²) in [6.07, 6.45) is 0. The highest BCUT2D eigenvalue weighted by molar-refractivity contribution is 7.10. The lowest BCUT2D eigenvalue weighted by molar-refractivity contribution is 0.558. The molecule has 0 aliphatic rings. The first-order chi connectivity index (χ1) is 9.25. The number of nitrogens with one attached hydrogen (secondary N) is 1. The molecular formula is C15H17N3S. The van der Waals surface area contributed by atoms with Crippen molar-refractivity contribution in [2.75, 3.05) is 0 Å². The predicted molar refractivity (Wildman–Crippen MR) is 80.3 cm³/mol. The van der Waals surface area contributed by atoms with E-state index in [1.807, 2.05) is 6.07 Å². The fourth-order valence-electron chi connectivity index (χ4n) is 2.24. The van der Waals surface area contributed by atoms with Crippen molar-refractivity contribution in [2.24, 2.45) is 7.05 Å². The predicted octanol–water partition coefficient (Wildman–Crippen LogP) is 3.49. The van der Waals surface area contributed by atoms with Crippen molar-refractivity contribution in [3.8, 4) is 0 Å². The second-order valence-corrected chi connectivity index (χ2v) is 5.67. The third-order valence-electron chi connectivity index (χ3n) is 3.42. The molecule has 2 aromatic heterocycles. The third-order valence-corrected chi connectivity index (χ3v) is 4.47. The molecule has 3 aromatic rings. The number of fused-ring (bicyclic) bond motifs is 1. The average Bonchev–Trinajstić information content (AvgIpc) is 3.05. The van der Waals surface area contributed by atoms with E-state index in [0.29, 0.717) is 6.04 Å². The molecule has 0 fully saturated rings. The largest absolute Gasteiger partial charge is 0.330 e. The minimum Gasteiger partial charge on any atom is -0.330 e. The van der Waals surface area contributed by atoms with E-state index < -0.39 is 0 Å². The van der Waals surface area contributed by atoms with Crippen LogP contribution in [0, 0.1) is 0 Å². The topological polar surface area (TPSA) is 29.9 Å². The Morgan fingerprint density at radius 2 is 2.11 bits per heavy atom. The molecular weight excluding hydrogens is 254 g/mol. The molecule has 0 unspecified atom stereocenters. The number of rotatable bonds is 4. The van der Waals surface area contributed by atoms with Crippen LogP contribution in [-0.4, -0.2) is 9.55 Å². The number of hydrogen-bond donors (Lipinski definition) is 1. The van der Waals surface area contributed by atoms with Crippen molar-refractivity contribution >= 4 is 22.4 Å². The van der Waals surface area contributed by atoms with Gasteiger partial charge in [0.2, 0.25) is 0 Å². The first-order valence-electron chi connectivity index (χ1n) is 6.43. The smallest absolute Gasteiger partial charge is 0.123 e. The normalized spacial score (nSPS) is 12.9. The van der Waals surface area contributed by atoms with Gasteiger partial charge in [-0.25, -0.2) is 4.98 Å². The molecule has 98 valence electrons. The molecule has 1 N–H and O–H groups in total. The van der Waals surface area contributed by atoms with Crippen molar-refractivity contribution < 1.29 is 0 Å². The lowest BCUT2D eigenvalue weighted by Crippen LogP contribution is -2.19. The molecule has 0 amide bonds.